The minimum atomic E-state index is -3.27. The average Bonchev–Trinajstić information content (AvgIpc) is 3.06. The molecule has 1 atom stereocenters. The van der Waals surface area contributed by atoms with Gasteiger partial charge in [-0.1, -0.05) is 18.2 Å². The maximum Gasteiger partial charge on any atom is 0.225 e. The lowest BCUT2D eigenvalue weighted by Crippen LogP contribution is -2.34. The van der Waals surface area contributed by atoms with E-state index in [9.17, 15) is 13.2 Å². The zero-order valence-corrected chi connectivity index (χ0v) is 15.6. The van der Waals surface area contributed by atoms with Gasteiger partial charge in [0.15, 0.2) is 9.84 Å². The highest BCUT2D eigenvalue weighted by Gasteiger charge is 2.30. The maximum atomic E-state index is 12.6. The normalized spacial score (nSPS) is 18.0. The van der Waals surface area contributed by atoms with E-state index in [4.69, 9.17) is 9.15 Å². The summed E-state index contributed by atoms with van der Waals surface area (Å²) in [6, 6.07) is 12.0. The highest BCUT2D eigenvalue weighted by atomic mass is 32.2. The molecule has 7 heteroatoms. The Labute approximate surface area is 157 Å². The summed E-state index contributed by atoms with van der Waals surface area (Å²) in [4.78, 5) is 12.9. The summed E-state index contributed by atoms with van der Waals surface area (Å²) in [5.41, 5.74) is 2.09. The highest BCUT2D eigenvalue weighted by molar-refractivity contribution is 7.91. The number of ether oxygens (including phenoxy) is 1. The largest absolute Gasteiger partial charge is 0.497 e. The number of carbonyl (C=O) groups excluding carboxylic acids is 1. The molecule has 0 spiro atoms. The van der Waals surface area contributed by atoms with Crippen molar-refractivity contribution in [3.8, 4) is 5.75 Å². The minimum Gasteiger partial charge on any atom is -0.497 e. The summed E-state index contributed by atoms with van der Waals surface area (Å²) in [6.07, 6.45) is 2.10. The molecular weight excluding hydrogens is 366 g/mol. The fourth-order valence-electron chi connectivity index (χ4n) is 3.49. The number of furan rings is 1. The van der Waals surface area contributed by atoms with Gasteiger partial charge in [-0.15, -0.1) is 0 Å². The Kier molecular flexibility index (Phi) is 4.39. The first-order valence-corrected chi connectivity index (χ1v) is 10.3. The number of amides is 1. The summed E-state index contributed by atoms with van der Waals surface area (Å²) < 4.78 is 35.1. The van der Waals surface area contributed by atoms with Crippen LogP contribution in [-0.4, -0.2) is 27.2 Å². The molecule has 27 heavy (non-hydrogen) atoms. The van der Waals surface area contributed by atoms with Crippen LogP contribution in [0.4, 0.5) is 0 Å². The Bertz CT molecular complexity index is 1120. The van der Waals surface area contributed by atoms with Crippen molar-refractivity contribution in [3.05, 3.63) is 59.9 Å². The first kappa shape index (κ1) is 17.6. The molecule has 1 aromatic heterocycles. The number of hydrogen-bond donors (Lipinski definition) is 1. The van der Waals surface area contributed by atoms with Crippen LogP contribution in [0, 0.1) is 0 Å². The molecule has 1 aliphatic heterocycles. The third kappa shape index (κ3) is 3.30. The molecule has 140 valence electrons. The number of methoxy groups -OCH3 is 1. The van der Waals surface area contributed by atoms with Gasteiger partial charge >= 0.3 is 0 Å². The molecule has 1 unspecified atom stereocenters. The van der Waals surface area contributed by atoms with Crippen LogP contribution < -0.4 is 10.1 Å². The van der Waals surface area contributed by atoms with E-state index in [2.05, 4.69) is 5.32 Å². The Morgan fingerprint density at radius 3 is 2.89 bits per heavy atom. The molecule has 0 fully saturated rings. The van der Waals surface area contributed by atoms with Crippen molar-refractivity contribution in [3.63, 3.8) is 0 Å². The Morgan fingerprint density at radius 2 is 2.07 bits per heavy atom. The second-order valence-electron chi connectivity index (χ2n) is 6.57. The average molecular weight is 385 g/mol. The number of sulfone groups is 1. The van der Waals surface area contributed by atoms with Gasteiger partial charge in [0.05, 0.1) is 36.5 Å². The summed E-state index contributed by atoms with van der Waals surface area (Å²) in [5.74, 6) is 0.545. The maximum absolute atomic E-state index is 12.6. The molecule has 0 bridgehead atoms. The van der Waals surface area contributed by atoms with E-state index in [1.807, 2.05) is 12.1 Å². The topological polar surface area (TPSA) is 85.6 Å². The molecule has 6 nitrogen and oxygen atoms in total. The van der Waals surface area contributed by atoms with Crippen molar-refractivity contribution in [1.29, 1.82) is 0 Å². The number of fused-ring (bicyclic) bond motifs is 2. The van der Waals surface area contributed by atoms with E-state index in [1.54, 1.807) is 43.7 Å². The number of carbonyl (C=O) groups is 1. The van der Waals surface area contributed by atoms with Gasteiger partial charge in [0.2, 0.25) is 5.91 Å². The van der Waals surface area contributed by atoms with Crippen LogP contribution in [0.3, 0.4) is 0 Å². The van der Waals surface area contributed by atoms with Crippen molar-refractivity contribution in [2.75, 3.05) is 12.9 Å². The molecule has 2 aromatic carbocycles. The van der Waals surface area contributed by atoms with Gasteiger partial charge < -0.3 is 14.5 Å². The van der Waals surface area contributed by atoms with Gasteiger partial charge in [-0.3, -0.25) is 4.79 Å². The van der Waals surface area contributed by atoms with Crippen LogP contribution in [0.15, 0.2) is 58.0 Å². The monoisotopic (exact) mass is 385 g/mol. The highest BCUT2D eigenvalue weighted by Crippen LogP contribution is 2.32. The number of nitrogens with one attached hydrogen (secondary N) is 1. The predicted octanol–water partition coefficient (Wildman–Crippen LogP) is 3.02. The van der Waals surface area contributed by atoms with Crippen LogP contribution in [0.25, 0.3) is 11.0 Å². The summed E-state index contributed by atoms with van der Waals surface area (Å²) >= 11 is 0. The molecule has 0 saturated heterocycles. The molecule has 0 radical (unpaired) electrons. The van der Waals surface area contributed by atoms with Crippen LogP contribution in [-0.2, 0) is 21.1 Å². The summed E-state index contributed by atoms with van der Waals surface area (Å²) in [7, 11) is -1.69. The molecule has 1 amide bonds. The number of rotatable bonds is 4. The molecular formula is C20H19NO5S. The lowest BCUT2D eigenvalue weighted by atomic mass is 10.0. The predicted molar refractivity (Wildman–Crippen MR) is 100 cm³/mol. The molecule has 1 aliphatic rings. The molecule has 4 rings (SSSR count). The third-order valence-corrected chi connectivity index (χ3v) is 6.67. The van der Waals surface area contributed by atoms with Crippen molar-refractivity contribution < 1.29 is 22.4 Å². The Morgan fingerprint density at radius 1 is 1.26 bits per heavy atom. The third-order valence-electron chi connectivity index (χ3n) is 4.85. The lowest BCUT2D eigenvalue weighted by Gasteiger charge is -2.26. The minimum absolute atomic E-state index is 0.0311. The van der Waals surface area contributed by atoms with E-state index < -0.39 is 9.84 Å². The van der Waals surface area contributed by atoms with Crippen LogP contribution in [0.2, 0.25) is 0 Å². The van der Waals surface area contributed by atoms with Gasteiger partial charge in [-0.05, 0) is 30.2 Å². The van der Waals surface area contributed by atoms with E-state index in [0.29, 0.717) is 28.2 Å². The second-order valence-corrected chi connectivity index (χ2v) is 8.64. The molecule has 3 aromatic rings. The van der Waals surface area contributed by atoms with Gasteiger partial charge in [0.1, 0.15) is 11.3 Å². The fraction of sp³-hybridized carbons (Fsp3) is 0.250. The standard InChI is InChI=1S/C20H19NO5S/c1-25-14-6-7-15-13(12-26-18(15)11-14)10-20(22)21-17-8-9-27(23,24)19-5-3-2-4-16(17)19/h2-7,11-12,17H,8-10H2,1H3,(H,21,22). The first-order chi connectivity index (χ1) is 13.0. The summed E-state index contributed by atoms with van der Waals surface area (Å²) in [6.45, 7) is 0. The molecule has 2 heterocycles. The SMILES string of the molecule is COc1ccc2c(CC(=O)NC3CCS(=O)(=O)c4ccccc43)coc2c1. The van der Waals surface area contributed by atoms with Crippen LogP contribution >= 0.6 is 0 Å². The van der Waals surface area contributed by atoms with Crippen molar-refractivity contribution in [1.82, 2.24) is 5.32 Å². The number of benzene rings is 2. The Balaban J connectivity index is 1.54. The molecule has 0 aliphatic carbocycles. The second kappa shape index (κ2) is 6.74. The lowest BCUT2D eigenvalue weighted by molar-refractivity contribution is -0.121. The van der Waals surface area contributed by atoms with Gasteiger partial charge in [-0.25, -0.2) is 8.42 Å². The first-order valence-electron chi connectivity index (χ1n) is 8.63. The molecule has 0 saturated carbocycles. The van der Waals surface area contributed by atoms with Crippen LogP contribution in [0.5, 0.6) is 5.75 Å². The van der Waals surface area contributed by atoms with Gasteiger partial charge in [0, 0.05) is 17.0 Å². The Hall–Kier alpha value is -2.80. The van der Waals surface area contributed by atoms with E-state index >= 15 is 0 Å². The fourth-order valence-corrected chi connectivity index (χ4v) is 5.11. The van der Waals surface area contributed by atoms with Crippen molar-refractivity contribution in [2.45, 2.75) is 23.8 Å². The van der Waals surface area contributed by atoms with E-state index in [-0.39, 0.29) is 24.1 Å². The smallest absolute Gasteiger partial charge is 0.225 e. The van der Waals surface area contributed by atoms with E-state index in [0.717, 1.165) is 10.9 Å². The van der Waals surface area contributed by atoms with Gasteiger partial charge in [0.25, 0.3) is 0 Å². The van der Waals surface area contributed by atoms with Crippen molar-refractivity contribution in [2.24, 2.45) is 0 Å². The molecule has 1 N–H and O–H groups in total. The zero-order chi connectivity index (χ0) is 19.0. The summed E-state index contributed by atoms with van der Waals surface area (Å²) in [5, 5.41) is 3.83. The quantitative estimate of drug-likeness (QED) is 0.746. The van der Waals surface area contributed by atoms with Crippen molar-refractivity contribution >= 4 is 26.7 Å². The number of hydrogen-bond acceptors (Lipinski definition) is 5. The zero-order valence-electron chi connectivity index (χ0n) is 14.8. The van der Waals surface area contributed by atoms with E-state index in [1.165, 1.54) is 0 Å². The van der Waals surface area contributed by atoms with Crippen LogP contribution in [0.1, 0.15) is 23.6 Å². The van der Waals surface area contributed by atoms with Gasteiger partial charge in [-0.2, -0.15) is 0 Å².